The first-order valence-corrected chi connectivity index (χ1v) is 4.34. The van der Waals surface area contributed by atoms with Crippen molar-refractivity contribution in [2.24, 2.45) is 0 Å². The minimum atomic E-state index is -0.498. The zero-order valence-electron chi connectivity index (χ0n) is 6.47. The van der Waals surface area contributed by atoms with E-state index in [2.05, 4.69) is 9.72 Å². The summed E-state index contributed by atoms with van der Waals surface area (Å²) in [5.41, 5.74) is 0. The highest BCUT2D eigenvalue weighted by atomic mass is 35.5. The molecule has 0 unspecified atom stereocenters. The maximum absolute atomic E-state index is 10.5. The van der Waals surface area contributed by atoms with E-state index in [1.54, 1.807) is 0 Å². The minimum Gasteiger partial charge on any atom is -0.408 e. The highest BCUT2D eigenvalue weighted by Crippen LogP contribution is 2.31. The van der Waals surface area contributed by atoms with E-state index in [0.717, 1.165) is 0 Å². The largest absolute Gasteiger partial charge is 0.408 e. The summed E-state index contributed by atoms with van der Waals surface area (Å²) in [5, 5.41) is 0.336. The molecular formula is C7H4Cl3NO2. The van der Waals surface area contributed by atoms with Crippen LogP contribution in [0.4, 0.5) is 0 Å². The highest BCUT2D eigenvalue weighted by Gasteiger charge is 2.09. The first-order valence-electron chi connectivity index (χ1n) is 3.20. The van der Waals surface area contributed by atoms with E-state index >= 15 is 0 Å². The molecule has 0 aliphatic rings. The van der Waals surface area contributed by atoms with Crippen LogP contribution in [-0.2, 0) is 4.79 Å². The third-order valence-electron chi connectivity index (χ3n) is 1.10. The van der Waals surface area contributed by atoms with Gasteiger partial charge in [-0.05, 0) is 0 Å². The van der Waals surface area contributed by atoms with Crippen molar-refractivity contribution in [1.82, 2.24) is 4.98 Å². The van der Waals surface area contributed by atoms with Crippen molar-refractivity contribution < 1.29 is 9.53 Å². The van der Waals surface area contributed by atoms with Crippen LogP contribution in [0.25, 0.3) is 0 Å². The van der Waals surface area contributed by atoms with Gasteiger partial charge >= 0.3 is 5.97 Å². The first kappa shape index (κ1) is 10.6. The van der Waals surface area contributed by atoms with Crippen LogP contribution in [0.3, 0.4) is 0 Å². The van der Waals surface area contributed by atoms with Crippen LogP contribution < -0.4 is 4.74 Å². The van der Waals surface area contributed by atoms with Gasteiger partial charge in [0.05, 0.1) is 10.0 Å². The standard InChI is InChI=1S/C7H4Cl3NO2/c1-3(12)13-5-2-4(8)6(9)7(10)11-5/h2H,1H3. The molecule has 0 fully saturated rings. The number of halogens is 3. The molecule has 0 aliphatic heterocycles. The lowest BCUT2D eigenvalue weighted by Crippen LogP contribution is -2.03. The smallest absolute Gasteiger partial charge is 0.309 e. The number of rotatable bonds is 1. The Labute approximate surface area is 89.6 Å². The van der Waals surface area contributed by atoms with Crippen LogP contribution in [0.2, 0.25) is 15.2 Å². The molecule has 0 saturated heterocycles. The second-order valence-electron chi connectivity index (χ2n) is 2.14. The van der Waals surface area contributed by atoms with Crippen LogP contribution in [0.5, 0.6) is 5.88 Å². The molecule has 0 radical (unpaired) electrons. The maximum Gasteiger partial charge on any atom is 0.309 e. The monoisotopic (exact) mass is 239 g/mol. The quantitative estimate of drug-likeness (QED) is 0.559. The molecule has 6 heteroatoms. The number of ether oxygens (including phenoxy) is 1. The summed E-state index contributed by atoms with van der Waals surface area (Å²) in [6, 6.07) is 1.32. The van der Waals surface area contributed by atoms with Crippen molar-refractivity contribution in [2.45, 2.75) is 6.92 Å². The number of hydrogen-bond donors (Lipinski definition) is 0. The maximum atomic E-state index is 10.5. The van der Waals surface area contributed by atoms with E-state index in [1.807, 2.05) is 0 Å². The average molecular weight is 240 g/mol. The number of carbonyl (C=O) groups is 1. The number of nitrogens with zero attached hydrogens (tertiary/aromatic N) is 1. The molecule has 1 heterocycles. The van der Waals surface area contributed by atoms with Gasteiger partial charge in [0, 0.05) is 13.0 Å². The van der Waals surface area contributed by atoms with Crippen molar-refractivity contribution in [3.8, 4) is 5.88 Å². The summed E-state index contributed by atoms with van der Waals surface area (Å²) in [5.74, 6) is -0.464. The average Bonchev–Trinajstić information content (AvgIpc) is 1.98. The predicted molar refractivity (Wildman–Crippen MR) is 50.6 cm³/mol. The zero-order chi connectivity index (χ0) is 10.0. The fourth-order valence-electron chi connectivity index (χ4n) is 0.648. The Kier molecular flexibility index (Phi) is 3.36. The van der Waals surface area contributed by atoms with E-state index in [0.29, 0.717) is 0 Å². The van der Waals surface area contributed by atoms with Gasteiger partial charge in [-0.15, -0.1) is 0 Å². The van der Waals surface area contributed by atoms with Crippen LogP contribution in [0.1, 0.15) is 6.92 Å². The summed E-state index contributed by atoms with van der Waals surface area (Å²) < 4.78 is 4.65. The van der Waals surface area contributed by atoms with Crippen molar-refractivity contribution in [2.75, 3.05) is 0 Å². The molecule has 0 bridgehead atoms. The Bertz CT molecular complexity index is 331. The molecular weight excluding hydrogens is 236 g/mol. The first-order chi connectivity index (χ1) is 6.00. The van der Waals surface area contributed by atoms with E-state index in [1.165, 1.54) is 13.0 Å². The summed E-state index contributed by atoms with van der Waals surface area (Å²) in [7, 11) is 0. The SMILES string of the molecule is CC(=O)Oc1cc(Cl)c(Cl)c(Cl)n1. The van der Waals surface area contributed by atoms with Crippen molar-refractivity contribution >= 4 is 40.8 Å². The number of pyridine rings is 1. The van der Waals surface area contributed by atoms with Crippen molar-refractivity contribution in [3.05, 3.63) is 21.3 Å². The number of hydrogen-bond acceptors (Lipinski definition) is 3. The van der Waals surface area contributed by atoms with Gasteiger partial charge in [0.25, 0.3) is 0 Å². The molecule has 70 valence electrons. The molecule has 0 amide bonds. The summed E-state index contributed by atoms with van der Waals surface area (Å²) in [6.07, 6.45) is 0. The van der Waals surface area contributed by atoms with Gasteiger partial charge in [0.15, 0.2) is 5.15 Å². The van der Waals surface area contributed by atoms with Crippen molar-refractivity contribution in [1.29, 1.82) is 0 Å². The molecule has 0 spiro atoms. The van der Waals surface area contributed by atoms with E-state index < -0.39 is 5.97 Å². The summed E-state index contributed by atoms with van der Waals surface area (Å²) in [4.78, 5) is 14.2. The molecule has 0 atom stereocenters. The normalized spacial score (nSPS) is 9.85. The molecule has 1 aromatic rings. The number of aromatic nitrogens is 1. The van der Waals surface area contributed by atoms with Gasteiger partial charge in [-0.25, -0.2) is 0 Å². The van der Waals surface area contributed by atoms with E-state index in [9.17, 15) is 4.79 Å². The van der Waals surface area contributed by atoms with Crippen LogP contribution in [-0.4, -0.2) is 11.0 Å². The lowest BCUT2D eigenvalue weighted by Gasteiger charge is -2.02. The van der Waals surface area contributed by atoms with Gasteiger partial charge < -0.3 is 4.74 Å². The molecule has 13 heavy (non-hydrogen) atoms. The topological polar surface area (TPSA) is 39.2 Å². The third kappa shape index (κ3) is 2.72. The minimum absolute atomic E-state index is 0.00502. The van der Waals surface area contributed by atoms with E-state index in [-0.39, 0.29) is 21.1 Å². The molecule has 3 nitrogen and oxygen atoms in total. The summed E-state index contributed by atoms with van der Waals surface area (Å²) >= 11 is 16.9. The highest BCUT2D eigenvalue weighted by molar-refractivity contribution is 6.47. The van der Waals surface area contributed by atoms with Crippen LogP contribution in [0.15, 0.2) is 6.07 Å². The molecule has 0 N–H and O–H groups in total. The lowest BCUT2D eigenvalue weighted by molar-refractivity contribution is -0.132. The number of carbonyl (C=O) groups excluding carboxylic acids is 1. The van der Waals surface area contributed by atoms with E-state index in [4.69, 9.17) is 34.8 Å². The van der Waals surface area contributed by atoms with Crippen LogP contribution in [0, 0.1) is 0 Å². The van der Waals surface area contributed by atoms with Crippen molar-refractivity contribution in [3.63, 3.8) is 0 Å². The van der Waals surface area contributed by atoms with Gasteiger partial charge in [-0.2, -0.15) is 4.98 Å². The van der Waals surface area contributed by atoms with Gasteiger partial charge in [0.1, 0.15) is 0 Å². The Morgan fingerprint density at radius 2 is 2.08 bits per heavy atom. The Hall–Kier alpha value is -0.510. The fraction of sp³-hybridized carbons (Fsp3) is 0.143. The number of esters is 1. The molecule has 0 saturated carbocycles. The predicted octanol–water partition coefficient (Wildman–Crippen LogP) is 2.97. The lowest BCUT2D eigenvalue weighted by atomic mass is 10.5. The molecule has 0 aliphatic carbocycles. The molecule has 1 rings (SSSR count). The Balaban J connectivity index is 3.06. The molecule has 1 aromatic heterocycles. The third-order valence-corrected chi connectivity index (χ3v) is 2.25. The fourth-order valence-corrected chi connectivity index (χ4v) is 1.16. The van der Waals surface area contributed by atoms with Gasteiger partial charge in [-0.1, -0.05) is 34.8 Å². The zero-order valence-corrected chi connectivity index (χ0v) is 8.74. The second-order valence-corrected chi connectivity index (χ2v) is 3.28. The van der Waals surface area contributed by atoms with Gasteiger partial charge in [0.2, 0.25) is 5.88 Å². The Morgan fingerprint density at radius 1 is 1.46 bits per heavy atom. The Morgan fingerprint density at radius 3 is 2.54 bits per heavy atom. The van der Waals surface area contributed by atoms with Gasteiger partial charge in [-0.3, -0.25) is 4.79 Å². The summed E-state index contributed by atoms with van der Waals surface area (Å²) in [6.45, 7) is 1.25. The van der Waals surface area contributed by atoms with Crippen LogP contribution >= 0.6 is 34.8 Å². The second kappa shape index (κ2) is 4.13. The molecule has 0 aromatic carbocycles.